The summed E-state index contributed by atoms with van der Waals surface area (Å²) in [7, 11) is 6.36. The van der Waals surface area contributed by atoms with Crippen LogP contribution in [0.3, 0.4) is 0 Å². The molecule has 0 aliphatic rings. The van der Waals surface area contributed by atoms with E-state index in [-0.39, 0.29) is 12.6 Å². The first-order chi connectivity index (χ1) is 14.3. The first-order valence-corrected chi connectivity index (χ1v) is 9.31. The third-order valence-corrected chi connectivity index (χ3v) is 3.61. The standard InChI is InChI=1S/C12H17NO2.C12H18O3/c2*1-10(9-13)7-5-6-8-11(2)12(14-3)15-4/h5-8,12H,1-4H3;5-9,12H,1-4H3/b2*6-5+,10-7+,11-8+. The summed E-state index contributed by atoms with van der Waals surface area (Å²) in [6.07, 6.45) is 14.7. The molecule has 0 radical (unpaired) electrons. The van der Waals surface area contributed by atoms with Gasteiger partial charge in [0.2, 0.25) is 0 Å². The molecule has 6 nitrogen and oxygen atoms in total. The van der Waals surface area contributed by atoms with Gasteiger partial charge in [0.05, 0.1) is 6.07 Å². The van der Waals surface area contributed by atoms with Crippen molar-refractivity contribution in [2.45, 2.75) is 40.3 Å². The van der Waals surface area contributed by atoms with Gasteiger partial charge in [-0.25, -0.2) is 0 Å². The molecule has 0 aromatic rings. The molecule has 166 valence electrons. The van der Waals surface area contributed by atoms with Crippen LogP contribution in [0.1, 0.15) is 27.7 Å². The zero-order chi connectivity index (χ0) is 23.4. The Kier molecular flexibility index (Phi) is 19.5. The van der Waals surface area contributed by atoms with Gasteiger partial charge in [-0.3, -0.25) is 4.79 Å². The van der Waals surface area contributed by atoms with E-state index in [4.69, 9.17) is 24.2 Å². The number of methoxy groups -OCH3 is 4. The van der Waals surface area contributed by atoms with Crippen LogP contribution in [-0.4, -0.2) is 47.3 Å². The van der Waals surface area contributed by atoms with Crippen molar-refractivity contribution in [1.82, 2.24) is 0 Å². The van der Waals surface area contributed by atoms with E-state index < -0.39 is 0 Å². The maximum atomic E-state index is 10.3. The fourth-order valence-electron chi connectivity index (χ4n) is 1.99. The minimum atomic E-state index is -0.314. The molecule has 6 heteroatoms. The van der Waals surface area contributed by atoms with Crippen LogP contribution < -0.4 is 0 Å². The van der Waals surface area contributed by atoms with Gasteiger partial charge in [0.1, 0.15) is 6.29 Å². The molecule has 0 fully saturated rings. The van der Waals surface area contributed by atoms with E-state index in [2.05, 4.69) is 0 Å². The Morgan fingerprint density at radius 2 is 1.07 bits per heavy atom. The summed E-state index contributed by atoms with van der Waals surface area (Å²) in [6.45, 7) is 7.34. The van der Waals surface area contributed by atoms with E-state index in [1.54, 1.807) is 60.5 Å². The lowest BCUT2D eigenvalue weighted by Gasteiger charge is -2.12. The highest BCUT2D eigenvalue weighted by Gasteiger charge is 2.05. The topological polar surface area (TPSA) is 77.8 Å². The molecule has 0 aliphatic heterocycles. The minimum absolute atomic E-state index is 0.310. The van der Waals surface area contributed by atoms with E-state index in [1.165, 1.54) is 0 Å². The average molecular weight is 418 g/mol. The van der Waals surface area contributed by atoms with Gasteiger partial charge in [0.25, 0.3) is 0 Å². The summed E-state index contributed by atoms with van der Waals surface area (Å²) in [5.74, 6) is 0. The zero-order valence-electron chi connectivity index (χ0n) is 19.3. The van der Waals surface area contributed by atoms with Crippen molar-refractivity contribution >= 4 is 6.29 Å². The molecule has 0 atom stereocenters. The fraction of sp³-hybridized carbons (Fsp3) is 0.417. The van der Waals surface area contributed by atoms with Crippen LogP contribution in [0.4, 0.5) is 0 Å². The van der Waals surface area contributed by atoms with Crippen molar-refractivity contribution in [3.63, 3.8) is 0 Å². The van der Waals surface area contributed by atoms with Gasteiger partial charge in [-0.05, 0) is 50.5 Å². The van der Waals surface area contributed by atoms with E-state index in [9.17, 15) is 4.79 Å². The summed E-state index contributed by atoms with van der Waals surface area (Å²) in [5.41, 5.74) is 3.30. The van der Waals surface area contributed by atoms with E-state index in [1.807, 2.05) is 50.3 Å². The van der Waals surface area contributed by atoms with Crippen LogP contribution in [0.5, 0.6) is 0 Å². The van der Waals surface area contributed by atoms with Crippen LogP contribution in [0.2, 0.25) is 0 Å². The van der Waals surface area contributed by atoms with E-state index in [0.717, 1.165) is 17.4 Å². The molecule has 0 heterocycles. The number of hydrogen-bond donors (Lipinski definition) is 0. The Balaban J connectivity index is 0. The SMILES string of the molecule is COC(OC)/C(C)=C/C=C/C=C(\C)C#N.COC(OC)/C(C)=C/C=C/C=C(\C)C=O. The molecule has 0 N–H and O–H groups in total. The summed E-state index contributed by atoms with van der Waals surface area (Å²) >= 11 is 0. The van der Waals surface area contributed by atoms with Crippen molar-refractivity contribution in [1.29, 1.82) is 5.26 Å². The minimum Gasteiger partial charge on any atom is -0.352 e. The number of aldehydes is 1. The van der Waals surface area contributed by atoms with Crippen LogP contribution >= 0.6 is 0 Å². The summed E-state index contributed by atoms with van der Waals surface area (Å²) in [6, 6.07) is 2.04. The lowest BCUT2D eigenvalue weighted by atomic mass is 10.2. The highest BCUT2D eigenvalue weighted by atomic mass is 16.7. The predicted molar refractivity (Wildman–Crippen MR) is 121 cm³/mol. The molecule has 0 amide bonds. The van der Waals surface area contributed by atoms with Gasteiger partial charge in [-0.1, -0.05) is 42.5 Å². The number of carbonyl (C=O) groups excluding carboxylic acids is 1. The molecule has 0 spiro atoms. The van der Waals surface area contributed by atoms with Crippen LogP contribution in [-0.2, 0) is 23.7 Å². The second kappa shape index (κ2) is 19.7. The van der Waals surface area contributed by atoms with Crippen molar-refractivity contribution in [3.8, 4) is 6.07 Å². The number of rotatable bonds is 11. The number of hydrogen-bond acceptors (Lipinski definition) is 6. The zero-order valence-corrected chi connectivity index (χ0v) is 19.3. The number of ether oxygens (including phenoxy) is 4. The van der Waals surface area contributed by atoms with Crippen molar-refractivity contribution in [2.24, 2.45) is 0 Å². The molecular weight excluding hydrogens is 382 g/mol. The Labute approximate surface area is 181 Å². The van der Waals surface area contributed by atoms with Crippen LogP contribution in [0.15, 0.2) is 70.9 Å². The monoisotopic (exact) mass is 417 g/mol. The number of nitriles is 1. The lowest BCUT2D eigenvalue weighted by molar-refractivity contribution is -0.104. The van der Waals surface area contributed by atoms with E-state index >= 15 is 0 Å². The normalized spacial score (nSPS) is 13.8. The smallest absolute Gasteiger partial charge is 0.179 e. The quantitative estimate of drug-likeness (QED) is 0.157. The lowest BCUT2D eigenvalue weighted by Crippen LogP contribution is -2.13. The Morgan fingerprint density at radius 1 is 0.700 bits per heavy atom. The third kappa shape index (κ3) is 15.4. The second-order valence-corrected chi connectivity index (χ2v) is 6.19. The highest BCUT2D eigenvalue weighted by molar-refractivity contribution is 5.72. The summed E-state index contributed by atoms with van der Waals surface area (Å²) in [4.78, 5) is 10.3. The molecule has 0 rings (SSSR count). The molecular formula is C24H35NO5. The fourth-order valence-corrected chi connectivity index (χ4v) is 1.99. The molecule has 0 unspecified atom stereocenters. The highest BCUT2D eigenvalue weighted by Crippen LogP contribution is 2.06. The molecule has 0 aromatic heterocycles. The van der Waals surface area contributed by atoms with Gasteiger partial charge in [0, 0.05) is 34.0 Å². The average Bonchev–Trinajstić information content (AvgIpc) is 2.76. The molecule has 0 saturated carbocycles. The summed E-state index contributed by atoms with van der Waals surface area (Å²) < 4.78 is 20.3. The maximum Gasteiger partial charge on any atom is 0.179 e. The van der Waals surface area contributed by atoms with Crippen molar-refractivity contribution in [3.05, 3.63) is 70.9 Å². The third-order valence-electron chi connectivity index (χ3n) is 3.61. The summed E-state index contributed by atoms with van der Waals surface area (Å²) in [5, 5.41) is 8.50. The van der Waals surface area contributed by atoms with Gasteiger partial charge in [-0.15, -0.1) is 0 Å². The molecule has 0 aromatic carbocycles. The van der Waals surface area contributed by atoms with Gasteiger partial charge < -0.3 is 18.9 Å². The van der Waals surface area contributed by atoms with Gasteiger partial charge in [0.15, 0.2) is 12.6 Å². The Morgan fingerprint density at radius 3 is 1.40 bits per heavy atom. The maximum absolute atomic E-state index is 10.3. The largest absolute Gasteiger partial charge is 0.352 e. The number of nitrogens with zero attached hydrogens (tertiary/aromatic N) is 1. The van der Waals surface area contributed by atoms with Crippen LogP contribution in [0.25, 0.3) is 0 Å². The van der Waals surface area contributed by atoms with Gasteiger partial charge in [-0.2, -0.15) is 5.26 Å². The first-order valence-electron chi connectivity index (χ1n) is 9.31. The Bertz CT molecular complexity index is 698. The Hall–Kier alpha value is -2.56. The first kappa shape index (κ1) is 29.6. The molecule has 0 saturated heterocycles. The molecule has 0 aliphatic carbocycles. The van der Waals surface area contributed by atoms with E-state index in [0.29, 0.717) is 11.1 Å². The molecule has 0 bridgehead atoms. The van der Waals surface area contributed by atoms with Gasteiger partial charge >= 0.3 is 0 Å². The second-order valence-electron chi connectivity index (χ2n) is 6.19. The molecule has 30 heavy (non-hydrogen) atoms. The number of carbonyl (C=O) groups is 1. The van der Waals surface area contributed by atoms with Crippen molar-refractivity contribution < 1.29 is 23.7 Å². The van der Waals surface area contributed by atoms with Crippen LogP contribution in [0, 0.1) is 11.3 Å². The van der Waals surface area contributed by atoms with Crippen molar-refractivity contribution in [2.75, 3.05) is 28.4 Å². The number of allylic oxidation sites excluding steroid dienone is 10. The predicted octanol–water partition coefficient (Wildman–Crippen LogP) is 4.83.